The number of rotatable bonds is 2. The number of hydrogen-bond donors (Lipinski definition) is 2. The second-order valence-corrected chi connectivity index (χ2v) is 2.06. The maximum absolute atomic E-state index is 10.4. The zero-order chi connectivity index (χ0) is 8.43. The van der Waals surface area contributed by atoms with E-state index in [1.165, 1.54) is 6.92 Å². The molecule has 0 fully saturated rings. The minimum absolute atomic E-state index is 0.599. The smallest absolute Gasteiger partial charge is 0.426 e. The average Bonchev–Trinajstić information content (AvgIpc) is 2.34. The number of carbonyl (C=O) groups is 1. The molecule has 0 saturated carbocycles. The summed E-state index contributed by atoms with van der Waals surface area (Å²) in [5.41, 5.74) is -0.599. The molecule has 1 heterocycles. The summed E-state index contributed by atoms with van der Waals surface area (Å²) in [4.78, 5) is 20.7. The van der Waals surface area contributed by atoms with Crippen molar-refractivity contribution in [2.75, 3.05) is 0 Å². The molecule has 0 spiro atoms. The molecule has 0 radical (unpaired) electrons. The molecule has 1 rings (SSSR count). The second kappa shape index (κ2) is 2.57. The molecule has 0 bridgehead atoms. The maximum atomic E-state index is 10.4. The molecule has 1 aromatic heterocycles. The van der Waals surface area contributed by atoms with Crippen LogP contribution in [-0.4, -0.2) is 16.3 Å². The summed E-state index contributed by atoms with van der Waals surface area (Å²) < 4.78 is 5.33. The van der Waals surface area contributed by atoms with Gasteiger partial charge in [-0.05, 0) is 5.27 Å². The fraction of sp³-hybridized carbons (Fsp3) is 0.400. The minimum Gasteiger partial charge on any atom is -0.476 e. The summed E-state index contributed by atoms with van der Waals surface area (Å²) in [6.45, 7) is 1.42. The monoisotopic (exact) mass is 159 g/mol. The molecule has 6 heteroatoms. The van der Waals surface area contributed by atoms with E-state index in [-0.39, 0.29) is 0 Å². The summed E-state index contributed by atoms with van der Waals surface area (Å²) in [6.07, 6.45) is 1.04. The van der Waals surface area contributed by atoms with Gasteiger partial charge in [-0.1, -0.05) is 4.68 Å². The lowest BCUT2D eigenvalue weighted by Gasteiger charge is -1.92. The molecular weight excluding hydrogens is 152 g/mol. The van der Waals surface area contributed by atoms with Crippen LogP contribution in [0.5, 0.6) is 0 Å². The topological polar surface area (TPSA) is 87.2 Å². The van der Waals surface area contributed by atoms with E-state index in [0.717, 1.165) is 10.9 Å². The van der Waals surface area contributed by atoms with Crippen molar-refractivity contribution in [3.8, 4) is 0 Å². The third kappa shape index (κ3) is 1.46. The van der Waals surface area contributed by atoms with Gasteiger partial charge >= 0.3 is 11.6 Å². The summed E-state index contributed by atoms with van der Waals surface area (Å²) in [7, 11) is 0. The number of carboxylic acids is 1. The Kier molecular flexibility index (Phi) is 1.75. The van der Waals surface area contributed by atoms with Crippen LogP contribution in [0.2, 0.25) is 0 Å². The first kappa shape index (κ1) is 7.52. The second-order valence-electron chi connectivity index (χ2n) is 2.06. The molecule has 2 N–H and O–H groups in total. The fourth-order valence-corrected chi connectivity index (χ4v) is 0.574. The third-order valence-corrected chi connectivity index (χ3v) is 1.27. The van der Waals surface area contributed by atoms with Crippen LogP contribution >= 0.6 is 0 Å². The number of aliphatic carboxylic acids is 1. The molecule has 1 atom stereocenters. The maximum Gasteiger partial charge on any atom is 0.426 e. The third-order valence-electron chi connectivity index (χ3n) is 1.27. The van der Waals surface area contributed by atoms with Gasteiger partial charge in [0.25, 0.3) is 12.2 Å². The number of aromatic amines is 1. The van der Waals surface area contributed by atoms with Gasteiger partial charge in [0, 0.05) is 6.92 Å². The van der Waals surface area contributed by atoms with E-state index in [2.05, 4.69) is 9.79 Å². The normalized spacial score (nSPS) is 12.8. The van der Waals surface area contributed by atoms with Gasteiger partial charge in [0.05, 0.1) is 0 Å². The SMILES string of the molecule is CC(C(=O)O)[n+]1cc(=O)o[nH]1. The number of carboxylic acid groups (broad SMARTS) is 1. The summed E-state index contributed by atoms with van der Waals surface area (Å²) in [5.74, 6) is -1.04. The Bertz CT molecular complexity index is 312. The van der Waals surface area contributed by atoms with Crippen LogP contribution in [0.25, 0.3) is 0 Å². The van der Waals surface area contributed by atoms with Crippen LogP contribution < -0.4 is 10.3 Å². The first-order chi connectivity index (χ1) is 5.11. The highest BCUT2D eigenvalue weighted by Crippen LogP contribution is 1.88. The van der Waals surface area contributed by atoms with Crippen molar-refractivity contribution in [1.29, 1.82) is 0 Å². The van der Waals surface area contributed by atoms with Gasteiger partial charge in [-0.3, -0.25) is 4.52 Å². The van der Waals surface area contributed by atoms with E-state index >= 15 is 0 Å². The Labute approximate surface area is 61.0 Å². The van der Waals surface area contributed by atoms with E-state index in [9.17, 15) is 9.59 Å². The average molecular weight is 159 g/mol. The Morgan fingerprint density at radius 2 is 2.55 bits per heavy atom. The summed E-state index contributed by atoms with van der Waals surface area (Å²) >= 11 is 0. The highest BCUT2D eigenvalue weighted by Gasteiger charge is 2.23. The summed E-state index contributed by atoms with van der Waals surface area (Å²) in [6, 6.07) is -0.818. The van der Waals surface area contributed by atoms with Crippen molar-refractivity contribution in [1.82, 2.24) is 5.27 Å². The Hall–Kier alpha value is -1.59. The number of nitrogens with zero attached hydrogens (tertiary/aromatic N) is 1. The number of nitrogens with one attached hydrogen (secondary N) is 1. The largest absolute Gasteiger partial charge is 0.476 e. The lowest BCUT2D eigenvalue weighted by molar-refractivity contribution is -0.771. The van der Waals surface area contributed by atoms with Crippen LogP contribution in [0.1, 0.15) is 13.0 Å². The number of aromatic nitrogens is 2. The Balaban J connectivity index is 2.93. The van der Waals surface area contributed by atoms with Crippen LogP contribution in [-0.2, 0) is 4.79 Å². The standard InChI is InChI=1S/C5H6N2O4/c1-3(5(9)10)7-2-4(8)11-6-7/h2-3H,1H3,(H-,6,8,9,10)/p+1. The van der Waals surface area contributed by atoms with Crippen molar-refractivity contribution in [3.63, 3.8) is 0 Å². The van der Waals surface area contributed by atoms with E-state index in [4.69, 9.17) is 5.11 Å². The van der Waals surface area contributed by atoms with Crippen molar-refractivity contribution >= 4 is 5.97 Å². The zero-order valence-corrected chi connectivity index (χ0v) is 5.77. The van der Waals surface area contributed by atoms with Crippen molar-refractivity contribution < 1.29 is 19.1 Å². The first-order valence-electron chi connectivity index (χ1n) is 2.93. The fourth-order valence-electron chi connectivity index (χ4n) is 0.574. The Morgan fingerprint density at radius 1 is 1.91 bits per heavy atom. The van der Waals surface area contributed by atoms with Gasteiger partial charge in [-0.15, -0.1) is 0 Å². The molecule has 0 saturated heterocycles. The van der Waals surface area contributed by atoms with E-state index in [0.29, 0.717) is 0 Å². The van der Waals surface area contributed by atoms with Gasteiger partial charge in [0.1, 0.15) is 0 Å². The molecule has 60 valence electrons. The first-order valence-corrected chi connectivity index (χ1v) is 2.93. The Morgan fingerprint density at radius 3 is 2.91 bits per heavy atom. The zero-order valence-electron chi connectivity index (χ0n) is 5.77. The van der Waals surface area contributed by atoms with Crippen molar-refractivity contribution in [2.45, 2.75) is 13.0 Å². The van der Waals surface area contributed by atoms with Crippen LogP contribution in [0.15, 0.2) is 15.5 Å². The van der Waals surface area contributed by atoms with Gasteiger partial charge in [0.2, 0.25) is 0 Å². The van der Waals surface area contributed by atoms with Gasteiger partial charge in [-0.2, -0.15) is 0 Å². The van der Waals surface area contributed by atoms with E-state index in [1.54, 1.807) is 0 Å². The van der Waals surface area contributed by atoms with Gasteiger partial charge < -0.3 is 5.11 Å². The predicted octanol–water partition coefficient (Wildman–Crippen LogP) is -1.10. The molecule has 1 unspecified atom stereocenters. The van der Waals surface area contributed by atoms with Crippen LogP contribution in [0.3, 0.4) is 0 Å². The lowest BCUT2D eigenvalue weighted by atomic mass is 10.4. The van der Waals surface area contributed by atoms with Crippen LogP contribution in [0.4, 0.5) is 0 Å². The molecule has 0 aromatic carbocycles. The molecule has 0 amide bonds. The molecule has 11 heavy (non-hydrogen) atoms. The molecular formula is C5H7N2O4+. The highest BCUT2D eigenvalue weighted by atomic mass is 16.5. The summed E-state index contributed by atoms with van der Waals surface area (Å²) in [5, 5.41) is 10.6. The lowest BCUT2D eigenvalue weighted by Crippen LogP contribution is -2.43. The van der Waals surface area contributed by atoms with Crippen molar-refractivity contribution in [2.24, 2.45) is 0 Å². The number of H-pyrrole nitrogens is 1. The molecule has 6 nitrogen and oxygen atoms in total. The van der Waals surface area contributed by atoms with E-state index < -0.39 is 17.6 Å². The molecule has 1 aromatic rings. The number of hydrogen-bond acceptors (Lipinski definition) is 3. The minimum atomic E-state index is -1.04. The molecule has 0 aliphatic carbocycles. The molecule has 0 aliphatic heterocycles. The quantitative estimate of drug-likeness (QED) is 0.536. The predicted molar refractivity (Wildman–Crippen MR) is 31.9 cm³/mol. The molecule has 0 aliphatic rings. The highest BCUT2D eigenvalue weighted by molar-refractivity contribution is 5.69. The van der Waals surface area contributed by atoms with Crippen molar-refractivity contribution in [3.05, 3.63) is 16.6 Å². The van der Waals surface area contributed by atoms with Gasteiger partial charge in [0.15, 0.2) is 0 Å². The van der Waals surface area contributed by atoms with Gasteiger partial charge in [-0.25, -0.2) is 9.59 Å². The van der Waals surface area contributed by atoms with E-state index in [1.807, 2.05) is 0 Å². The van der Waals surface area contributed by atoms with Crippen LogP contribution in [0, 0.1) is 0 Å².